The molecule has 6 nitrogen and oxygen atoms in total. The Morgan fingerprint density at radius 1 is 1.43 bits per heavy atom. The molecule has 6 heteroatoms. The fourth-order valence-electron chi connectivity index (χ4n) is 2.63. The Kier molecular flexibility index (Phi) is 3.62. The number of nitrogens with zero attached hydrogens (tertiary/aromatic N) is 2. The molecule has 0 radical (unpaired) electrons. The molecule has 0 bridgehead atoms. The molecule has 0 saturated carbocycles. The van der Waals surface area contributed by atoms with Gasteiger partial charge in [0.15, 0.2) is 11.6 Å². The van der Waals surface area contributed by atoms with Gasteiger partial charge in [0.05, 0.1) is 5.56 Å². The molecule has 21 heavy (non-hydrogen) atoms. The summed E-state index contributed by atoms with van der Waals surface area (Å²) >= 11 is 0. The van der Waals surface area contributed by atoms with Gasteiger partial charge in [-0.15, -0.1) is 0 Å². The molecule has 0 amide bonds. The van der Waals surface area contributed by atoms with E-state index in [9.17, 15) is 4.79 Å². The summed E-state index contributed by atoms with van der Waals surface area (Å²) < 4.78 is 6.81. The molecule has 1 atom stereocenters. The molecular weight excluding hydrogens is 268 g/mol. The second-order valence-corrected chi connectivity index (χ2v) is 5.10. The van der Waals surface area contributed by atoms with E-state index in [-0.39, 0.29) is 11.6 Å². The first-order valence-corrected chi connectivity index (χ1v) is 6.93. The predicted octanol–water partition coefficient (Wildman–Crippen LogP) is 0.628. The van der Waals surface area contributed by atoms with Gasteiger partial charge in [-0.1, -0.05) is 30.3 Å². The maximum Gasteiger partial charge on any atom is 0.309 e. The van der Waals surface area contributed by atoms with Crippen LogP contribution in [0.2, 0.25) is 0 Å². The first-order valence-electron chi connectivity index (χ1n) is 6.93. The lowest BCUT2D eigenvalue weighted by Gasteiger charge is -2.19. The molecule has 110 valence electrons. The van der Waals surface area contributed by atoms with Gasteiger partial charge in [0, 0.05) is 19.6 Å². The van der Waals surface area contributed by atoms with Crippen molar-refractivity contribution >= 4 is 5.82 Å². The largest absolute Gasteiger partial charge is 0.486 e. The SMILES string of the molecule is Cn1nc(N)c2c(c1=O)OCCNC2Cc1ccccc1. The molecule has 1 unspecified atom stereocenters. The minimum absolute atomic E-state index is 0.0775. The van der Waals surface area contributed by atoms with Crippen LogP contribution in [-0.2, 0) is 13.5 Å². The van der Waals surface area contributed by atoms with Crippen LogP contribution >= 0.6 is 0 Å². The standard InChI is InChI=1S/C15H18N4O2/c1-19-15(20)13-12(14(16)18-19)11(17-7-8-21-13)9-10-5-3-2-4-6-10/h2-6,11,17H,7-9H2,1H3,(H2,16,18). The van der Waals surface area contributed by atoms with E-state index >= 15 is 0 Å². The zero-order chi connectivity index (χ0) is 14.8. The highest BCUT2D eigenvalue weighted by molar-refractivity contribution is 5.50. The normalized spacial score (nSPS) is 17.7. The van der Waals surface area contributed by atoms with Crippen molar-refractivity contribution in [2.24, 2.45) is 7.05 Å². The van der Waals surface area contributed by atoms with Crippen LogP contribution < -0.4 is 21.3 Å². The van der Waals surface area contributed by atoms with Crippen molar-refractivity contribution in [2.45, 2.75) is 12.5 Å². The Morgan fingerprint density at radius 3 is 2.95 bits per heavy atom. The summed E-state index contributed by atoms with van der Waals surface area (Å²) in [7, 11) is 1.58. The van der Waals surface area contributed by atoms with Crippen molar-refractivity contribution in [1.29, 1.82) is 0 Å². The van der Waals surface area contributed by atoms with E-state index in [2.05, 4.69) is 22.5 Å². The molecule has 2 aromatic rings. The van der Waals surface area contributed by atoms with Gasteiger partial charge in [0.2, 0.25) is 0 Å². The summed E-state index contributed by atoms with van der Waals surface area (Å²) in [4.78, 5) is 12.2. The smallest absolute Gasteiger partial charge is 0.309 e. The lowest BCUT2D eigenvalue weighted by Crippen LogP contribution is -2.28. The van der Waals surface area contributed by atoms with Crippen LogP contribution in [0.15, 0.2) is 35.1 Å². The summed E-state index contributed by atoms with van der Waals surface area (Å²) in [6.07, 6.45) is 0.732. The van der Waals surface area contributed by atoms with E-state index in [0.29, 0.717) is 30.3 Å². The molecule has 1 aliphatic rings. The zero-order valence-electron chi connectivity index (χ0n) is 11.9. The van der Waals surface area contributed by atoms with Crippen molar-refractivity contribution in [1.82, 2.24) is 15.1 Å². The monoisotopic (exact) mass is 286 g/mol. The van der Waals surface area contributed by atoms with Crippen LogP contribution in [0.5, 0.6) is 5.75 Å². The minimum Gasteiger partial charge on any atom is -0.486 e. The second-order valence-electron chi connectivity index (χ2n) is 5.10. The number of nitrogens with two attached hydrogens (primary N) is 1. The Morgan fingerprint density at radius 2 is 2.19 bits per heavy atom. The molecule has 0 fully saturated rings. The van der Waals surface area contributed by atoms with Gasteiger partial charge in [0.25, 0.3) is 0 Å². The van der Waals surface area contributed by atoms with Gasteiger partial charge >= 0.3 is 5.56 Å². The number of fused-ring (bicyclic) bond motifs is 1. The van der Waals surface area contributed by atoms with Crippen molar-refractivity contribution in [3.05, 3.63) is 51.8 Å². The first-order chi connectivity index (χ1) is 10.2. The molecule has 2 heterocycles. The highest BCUT2D eigenvalue weighted by atomic mass is 16.5. The first kappa shape index (κ1) is 13.6. The van der Waals surface area contributed by atoms with Gasteiger partial charge < -0.3 is 15.8 Å². The van der Waals surface area contributed by atoms with Gasteiger partial charge in [-0.3, -0.25) is 4.79 Å². The fraction of sp³-hybridized carbons (Fsp3) is 0.333. The average Bonchev–Trinajstić information content (AvgIpc) is 2.69. The van der Waals surface area contributed by atoms with Crippen LogP contribution in [0.25, 0.3) is 0 Å². The number of benzene rings is 1. The number of nitrogen functional groups attached to an aromatic ring is 1. The number of ether oxygens (including phenoxy) is 1. The summed E-state index contributed by atoms with van der Waals surface area (Å²) in [5.41, 5.74) is 7.62. The third-order valence-corrected chi connectivity index (χ3v) is 3.64. The Hall–Kier alpha value is -2.34. The predicted molar refractivity (Wildman–Crippen MR) is 80.3 cm³/mol. The molecule has 1 aromatic heterocycles. The molecule has 0 aliphatic carbocycles. The Labute approximate surface area is 122 Å². The highest BCUT2D eigenvalue weighted by Crippen LogP contribution is 2.30. The molecule has 1 aliphatic heterocycles. The maximum atomic E-state index is 12.2. The van der Waals surface area contributed by atoms with E-state index in [0.717, 1.165) is 6.42 Å². The third kappa shape index (κ3) is 2.62. The Bertz CT molecular complexity index is 697. The summed E-state index contributed by atoms with van der Waals surface area (Å²) in [5, 5.41) is 7.46. The number of aryl methyl sites for hydroxylation is 1. The van der Waals surface area contributed by atoms with E-state index in [4.69, 9.17) is 10.5 Å². The van der Waals surface area contributed by atoms with Crippen molar-refractivity contribution in [2.75, 3.05) is 18.9 Å². The van der Waals surface area contributed by atoms with Crippen LogP contribution in [0, 0.1) is 0 Å². The highest BCUT2D eigenvalue weighted by Gasteiger charge is 2.26. The van der Waals surface area contributed by atoms with Crippen molar-refractivity contribution in [3.63, 3.8) is 0 Å². The quantitative estimate of drug-likeness (QED) is 0.846. The average molecular weight is 286 g/mol. The summed E-state index contributed by atoms with van der Waals surface area (Å²) in [5.74, 6) is 0.651. The van der Waals surface area contributed by atoms with Gasteiger partial charge in [-0.05, 0) is 12.0 Å². The van der Waals surface area contributed by atoms with Crippen molar-refractivity contribution < 1.29 is 4.74 Å². The minimum atomic E-state index is -0.249. The fourth-order valence-corrected chi connectivity index (χ4v) is 2.63. The Balaban J connectivity index is 2.05. The number of hydrogen-bond acceptors (Lipinski definition) is 5. The second kappa shape index (κ2) is 5.57. The molecule has 3 N–H and O–H groups in total. The number of anilines is 1. The lowest BCUT2D eigenvalue weighted by molar-refractivity contribution is 0.317. The third-order valence-electron chi connectivity index (χ3n) is 3.64. The number of rotatable bonds is 2. The van der Waals surface area contributed by atoms with Crippen molar-refractivity contribution in [3.8, 4) is 5.75 Å². The van der Waals surface area contributed by atoms with E-state index in [1.807, 2.05) is 18.2 Å². The number of hydrogen-bond donors (Lipinski definition) is 2. The maximum absolute atomic E-state index is 12.2. The van der Waals surface area contributed by atoms with Crippen LogP contribution in [0.1, 0.15) is 17.2 Å². The topological polar surface area (TPSA) is 82.2 Å². The molecule has 3 rings (SSSR count). The van der Waals surface area contributed by atoms with Crippen LogP contribution in [0.4, 0.5) is 5.82 Å². The summed E-state index contributed by atoms with van der Waals surface area (Å²) in [6, 6.07) is 10.00. The van der Waals surface area contributed by atoms with Crippen LogP contribution in [0.3, 0.4) is 0 Å². The molecule has 0 spiro atoms. The molecular formula is C15H18N4O2. The van der Waals surface area contributed by atoms with E-state index in [1.54, 1.807) is 7.05 Å². The zero-order valence-corrected chi connectivity index (χ0v) is 11.9. The van der Waals surface area contributed by atoms with Gasteiger partial charge in [-0.25, -0.2) is 4.68 Å². The van der Waals surface area contributed by atoms with E-state index < -0.39 is 0 Å². The summed E-state index contributed by atoms with van der Waals surface area (Å²) in [6.45, 7) is 1.10. The lowest BCUT2D eigenvalue weighted by atomic mass is 9.99. The number of aromatic nitrogens is 2. The van der Waals surface area contributed by atoms with Gasteiger partial charge in [-0.2, -0.15) is 5.10 Å². The van der Waals surface area contributed by atoms with Crippen LogP contribution in [-0.4, -0.2) is 22.9 Å². The molecule has 0 saturated heterocycles. The molecule has 1 aromatic carbocycles. The number of nitrogens with one attached hydrogen (secondary N) is 1. The van der Waals surface area contributed by atoms with E-state index in [1.165, 1.54) is 10.2 Å². The van der Waals surface area contributed by atoms with Gasteiger partial charge in [0.1, 0.15) is 6.61 Å².